The summed E-state index contributed by atoms with van der Waals surface area (Å²) in [5.41, 5.74) is 5.48. The Bertz CT molecular complexity index is 1260. The normalized spacial score (nSPS) is 12.8. The highest BCUT2D eigenvalue weighted by Crippen LogP contribution is 2.51. The van der Waals surface area contributed by atoms with Crippen LogP contribution >= 0.6 is 0 Å². The molecule has 0 spiro atoms. The summed E-state index contributed by atoms with van der Waals surface area (Å²) in [7, 11) is 0. The fraction of sp³-hybridized carbons (Fsp3) is 0.459. The predicted octanol–water partition coefficient (Wildman–Crippen LogP) is 8.98. The number of carbonyl (C=O) groups is 2. The van der Waals surface area contributed by atoms with Gasteiger partial charge in [0.25, 0.3) is 0 Å². The van der Waals surface area contributed by atoms with Gasteiger partial charge >= 0.3 is 11.9 Å². The monoisotopic (exact) mass is 602 g/mol. The van der Waals surface area contributed by atoms with Gasteiger partial charge in [-0.1, -0.05) is 63.2 Å². The van der Waals surface area contributed by atoms with E-state index in [2.05, 4.69) is 82.6 Å². The molecule has 0 fully saturated rings. The van der Waals surface area contributed by atoms with Crippen LogP contribution in [-0.4, -0.2) is 44.9 Å². The summed E-state index contributed by atoms with van der Waals surface area (Å²) in [6.45, 7) is 14.5. The van der Waals surface area contributed by atoms with Crippen LogP contribution in [0.3, 0.4) is 0 Å². The van der Waals surface area contributed by atoms with Crippen molar-refractivity contribution in [2.24, 2.45) is 11.3 Å². The van der Waals surface area contributed by atoms with E-state index in [0.29, 0.717) is 26.4 Å². The van der Waals surface area contributed by atoms with E-state index in [4.69, 9.17) is 14.2 Å². The minimum atomic E-state index is -0.411. The Balaban J connectivity index is 0.000000375. The lowest BCUT2D eigenvalue weighted by atomic mass is 9.91. The molecule has 4 rings (SSSR count). The Hall–Kier alpha value is -3.84. The first-order chi connectivity index (χ1) is 21.2. The van der Waals surface area contributed by atoms with Gasteiger partial charge in [0.1, 0.15) is 6.61 Å². The SMILES string of the molecule is CCC(C)(C)C(=O)OCCCCN1c2ccccc2N(c2ccccc2)c2ccccc21.CCOCCOC(=O)C(C)CC. The number of hydrogen-bond donors (Lipinski definition) is 0. The Morgan fingerprint density at radius 3 is 1.84 bits per heavy atom. The molecule has 0 aromatic heterocycles. The van der Waals surface area contributed by atoms with Crippen LogP contribution in [0.15, 0.2) is 78.9 Å². The molecule has 0 bridgehead atoms. The zero-order chi connectivity index (χ0) is 32.0. The molecule has 3 aromatic carbocycles. The topological polar surface area (TPSA) is 68.3 Å². The average molecular weight is 603 g/mol. The van der Waals surface area contributed by atoms with Crippen LogP contribution in [0.25, 0.3) is 0 Å². The zero-order valence-electron chi connectivity index (χ0n) is 27.4. The van der Waals surface area contributed by atoms with Gasteiger partial charge in [0.05, 0.1) is 47.3 Å². The molecule has 0 N–H and O–H groups in total. The van der Waals surface area contributed by atoms with Crippen LogP contribution in [-0.2, 0) is 23.8 Å². The van der Waals surface area contributed by atoms with Crippen LogP contribution < -0.4 is 9.80 Å². The number of para-hydroxylation sites is 5. The van der Waals surface area contributed by atoms with Crippen molar-refractivity contribution in [3.63, 3.8) is 0 Å². The molecule has 7 nitrogen and oxygen atoms in total. The molecule has 1 aliphatic rings. The van der Waals surface area contributed by atoms with E-state index < -0.39 is 5.41 Å². The smallest absolute Gasteiger partial charge is 0.311 e. The summed E-state index contributed by atoms with van der Waals surface area (Å²) >= 11 is 0. The van der Waals surface area contributed by atoms with E-state index >= 15 is 0 Å². The lowest BCUT2D eigenvalue weighted by Crippen LogP contribution is -2.28. The summed E-state index contributed by atoms with van der Waals surface area (Å²) in [6.07, 6.45) is 3.39. The third-order valence-electron chi connectivity index (χ3n) is 7.98. The summed E-state index contributed by atoms with van der Waals surface area (Å²) in [6, 6.07) is 27.6. The Labute approximate surface area is 264 Å². The number of carbonyl (C=O) groups excluding carboxylic acids is 2. The van der Waals surface area contributed by atoms with Gasteiger partial charge in [0.15, 0.2) is 0 Å². The van der Waals surface area contributed by atoms with Gasteiger partial charge in [-0.3, -0.25) is 9.59 Å². The van der Waals surface area contributed by atoms with Crippen molar-refractivity contribution in [3.8, 4) is 0 Å². The minimum absolute atomic E-state index is 0.00614. The Kier molecular flexibility index (Phi) is 13.7. The van der Waals surface area contributed by atoms with Crippen molar-refractivity contribution >= 4 is 40.4 Å². The lowest BCUT2D eigenvalue weighted by molar-refractivity contribution is -0.154. The first kappa shape index (κ1) is 34.6. The van der Waals surface area contributed by atoms with Crippen LogP contribution in [0, 0.1) is 11.3 Å². The molecule has 0 aliphatic carbocycles. The lowest BCUT2D eigenvalue weighted by Gasteiger charge is -2.40. The molecular formula is C37H50N2O5. The molecule has 1 heterocycles. The van der Waals surface area contributed by atoms with Crippen molar-refractivity contribution in [1.82, 2.24) is 0 Å². The highest BCUT2D eigenvalue weighted by molar-refractivity contribution is 5.97. The fourth-order valence-corrected chi connectivity index (χ4v) is 4.65. The van der Waals surface area contributed by atoms with Crippen molar-refractivity contribution in [1.29, 1.82) is 0 Å². The van der Waals surface area contributed by atoms with Crippen molar-refractivity contribution in [3.05, 3.63) is 78.9 Å². The number of benzene rings is 3. The molecule has 3 aromatic rings. The fourth-order valence-electron chi connectivity index (χ4n) is 4.65. The van der Waals surface area contributed by atoms with Crippen molar-refractivity contribution < 1.29 is 23.8 Å². The maximum atomic E-state index is 12.2. The van der Waals surface area contributed by atoms with Crippen molar-refractivity contribution in [2.45, 2.75) is 67.2 Å². The highest BCUT2D eigenvalue weighted by atomic mass is 16.6. The molecule has 1 atom stereocenters. The molecule has 0 saturated heterocycles. The maximum Gasteiger partial charge on any atom is 0.311 e. The highest BCUT2D eigenvalue weighted by Gasteiger charge is 2.29. The third-order valence-corrected chi connectivity index (χ3v) is 7.98. The van der Waals surface area contributed by atoms with E-state index in [1.54, 1.807) is 0 Å². The summed E-state index contributed by atoms with van der Waals surface area (Å²) in [5.74, 6) is -0.226. The molecule has 0 radical (unpaired) electrons. The summed E-state index contributed by atoms with van der Waals surface area (Å²) in [5, 5.41) is 0. The molecule has 1 unspecified atom stereocenters. The molecule has 1 aliphatic heterocycles. The van der Waals surface area contributed by atoms with Crippen LogP contribution in [0.2, 0.25) is 0 Å². The third kappa shape index (κ3) is 9.33. The zero-order valence-corrected chi connectivity index (χ0v) is 27.4. The predicted molar refractivity (Wildman–Crippen MR) is 179 cm³/mol. The van der Waals surface area contributed by atoms with E-state index in [-0.39, 0.29) is 17.9 Å². The largest absolute Gasteiger partial charge is 0.465 e. The molecule has 44 heavy (non-hydrogen) atoms. The van der Waals surface area contributed by atoms with Crippen LogP contribution in [0.4, 0.5) is 28.4 Å². The van der Waals surface area contributed by atoms with Crippen LogP contribution in [0.5, 0.6) is 0 Å². The standard InChI is InChI=1S/C28H32N2O2.C9H18O3/c1-4-28(2,3)27(31)32-21-13-12-20-29-23-16-8-10-18-25(23)30(22-14-6-5-7-15-22)26-19-11-9-17-24(26)29;1-4-8(3)9(10)12-7-6-11-5-2/h5-11,14-19H,4,12-13,20-21H2,1-3H3;8H,4-7H2,1-3H3. The van der Waals surface area contributed by atoms with Gasteiger partial charge < -0.3 is 24.0 Å². The summed E-state index contributed by atoms with van der Waals surface area (Å²) < 4.78 is 15.5. The van der Waals surface area contributed by atoms with E-state index in [1.165, 1.54) is 22.7 Å². The number of unbranched alkanes of at least 4 members (excludes halogenated alkanes) is 1. The quantitative estimate of drug-likeness (QED) is 0.135. The van der Waals surface area contributed by atoms with E-state index in [1.807, 2.05) is 47.6 Å². The first-order valence-corrected chi connectivity index (χ1v) is 16.0. The molecular weight excluding hydrogens is 552 g/mol. The Morgan fingerprint density at radius 1 is 0.727 bits per heavy atom. The number of anilines is 5. The van der Waals surface area contributed by atoms with E-state index in [0.717, 1.165) is 37.9 Å². The van der Waals surface area contributed by atoms with Gasteiger partial charge in [-0.15, -0.1) is 0 Å². The molecule has 7 heteroatoms. The Morgan fingerprint density at radius 2 is 1.30 bits per heavy atom. The van der Waals surface area contributed by atoms with Crippen molar-refractivity contribution in [2.75, 3.05) is 42.8 Å². The number of nitrogens with zero attached hydrogens (tertiary/aromatic N) is 2. The number of ether oxygens (including phenoxy) is 3. The summed E-state index contributed by atoms with van der Waals surface area (Å²) in [4.78, 5) is 28.0. The number of hydrogen-bond acceptors (Lipinski definition) is 7. The number of fused-ring (bicyclic) bond motifs is 2. The van der Waals surface area contributed by atoms with Gasteiger partial charge in [0.2, 0.25) is 0 Å². The second kappa shape index (κ2) is 17.5. The first-order valence-electron chi connectivity index (χ1n) is 16.0. The molecule has 0 amide bonds. The van der Waals surface area contributed by atoms with Gasteiger partial charge in [-0.2, -0.15) is 0 Å². The second-order valence-electron chi connectivity index (χ2n) is 11.6. The molecule has 0 saturated carbocycles. The second-order valence-corrected chi connectivity index (χ2v) is 11.6. The van der Waals surface area contributed by atoms with Crippen LogP contribution in [0.1, 0.15) is 67.2 Å². The van der Waals surface area contributed by atoms with Gasteiger partial charge in [-0.25, -0.2) is 0 Å². The molecule has 238 valence electrons. The number of rotatable bonds is 14. The van der Waals surface area contributed by atoms with Gasteiger partial charge in [-0.05, 0) is 82.9 Å². The minimum Gasteiger partial charge on any atom is -0.465 e. The average Bonchev–Trinajstić information content (AvgIpc) is 3.06. The maximum absolute atomic E-state index is 12.2. The number of esters is 2. The van der Waals surface area contributed by atoms with E-state index in [9.17, 15) is 9.59 Å². The van der Waals surface area contributed by atoms with Gasteiger partial charge in [0, 0.05) is 18.8 Å².